The van der Waals surface area contributed by atoms with Crippen molar-refractivity contribution in [2.45, 2.75) is 6.42 Å². The molecule has 0 aliphatic carbocycles. The van der Waals surface area contributed by atoms with Crippen molar-refractivity contribution in [3.05, 3.63) is 75.4 Å². The van der Waals surface area contributed by atoms with Crippen LogP contribution >= 0.6 is 27.3 Å². The lowest BCUT2D eigenvalue weighted by Crippen LogP contribution is -2.42. The van der Waals surface area contributed by atoms with Crippen molar-refractivity contribution in [1.82, 2.24) is 0 Å². The Labute approximate surface area is 181 Å². The zero-order valence-electron chi connectivity index (χ0n) is 15.7. The predicted octanol–water partition coefficient (Wildman–Crippen LogP) is 5.03. The lowest BCUT2D eigenvalue weighted by atomic mass is 10.2. The number of likely N-dealkylation sites (N-methyl/N-ethyl adjacent to an activating group) is 1. The van der Waals surface area contributed by atoms with Gasteiger partial charge in [0.05, 0.1) is 32.2 Å². The van der Waals surface area contributed by atoms with Gasteiger partial charge in [0.2, 0.25) is 11.8 Å². The van der Waals surface area contributed by atoms with E-state index in [-0.39, 0.29) is 24.8 Å². The van der Waals surface area contributed by atoms with Gasteiger partial charge >= 0.3 is 0 Å². The zero-order chi connectivity index (χ0) is 20.4. The third kappa shape index (κ3) is 4.16. The number of para-hydroxylation sites is 3. The maximum Gasteiger partial charge on any atom is 0.246 e. The van der Waals surface area contributed by atoms with Gasteiger partial charge in [0, 0.05) is 12.7 Å². The standard InChI is InChI=1S/C22H18BrN3O2S/c1-25(15-7-3-2-4-8-15)22(28)14-26-18-10-6-5-9-16(18)24-17(13-21(26)27)19-11-12-20(23)29-19/h2-12H,13-14H2,1H3. The second-order valence-corrected chi connectivity index (χ2v) is 9.06. The van der Waals surface area contributed by atoms with Gasteiger partial charge in [-0.05, 0) is 52.3 Å². The molecule has 0 atom stereocenters. The maximum atomic E-state index is 13.1. The number of benzene rings is 2. The molecular formula is C22H18BrN3O2S. The summed E-state index contributed by atoms with van der Waals surface area (Å²) in [6.07, 6.45) is 0.143. The van der Waals surface area contributed by atoms with Crippen LogP contribution < -0.4 is 9.80 Å². The summed E-state index contributed by atoms with van der Waals surface area (Å²) in [6.45, 7) is -0.0435. The molecule has 2 heterocycles. The average Bonchev–Trinajstić information content (AvgIpc) is 3.12. The van der Waals surface area contributed by atoms with Crippen LogP contribution in [-0.4, -0.2) is 31.1 Å². The molecule has 0 bridgehead atoms. The van der Waals surface area contributed by atoms with Crippen LogP contribution in [0.25, 0.3) is 0 Å². The van der Waals surface area contributed by atoms with Crippen molar-refractivity contribution in [3.63, 3.8) is 0 Å². The summed E-state index contributed by atoms with van der Waals surface area (Å²) in [7, 11) is 1.72. The van der Waals surface area contributed by atoms with Crippen molar-refractivity contribution in [2.24, 2.45) is 4.99 Å². The van der Waals surface area contributed by atoms with Crippen LogP contribution in [0.15, 0.2) is 75.5 Å². The molecule has 0 saturated heterocycles. The molecule has 2 aromatic carbocycles. The SMILES string of the molecule is CN(C(=O)CN1C(=O)CC(c2ccc(Br)s2)=Nc2ccccc21)c1ccccc1. The number of rotatable bonds is 4. The Balaban J connectivity index is 1.64. The second-order valence-electron chi connectivity index (χ2n) is 6.60. The summed E-state index contributed by atoms with van der Waals surface area (Å²) in [5.41, 5.74) is 2.84. The Bertz CT molecular complexity index is 1090. The fraction of sp³-hybridized carbons (Fsp3) is 0.136. The van der Waals surface area contributed by atoms with Gasteiger partial charge in [-0.15, -0.1) is 11.3 Å². The number of halogens is 1. The third-order valence-corrected chi connectivity index (χ3v) is 6.39. The first-order valence-electron chi connectivity index (χ1n) is 9.07. The number of hydrogen-bond acceptors (Lipinski definition) is 4. The Kier molecular flexibility index (Phi) is 5.60. The van der Waals surface area contributed by atoms with Crippen molar-refractivity contribution in [1.29, 1.82) is 0 Å². The zero-order valence-corrected chi connectivity index (χ0v) is 18.1. The van der Waals surface area contributed by atoms with E-state index >= 15 is 0 Å². The van der Waals surface area contributed by atoms with Gasteiger partial charge in [-0.25, -0.2) is 4.99 Å². The van der Waals surface area contributed by atoms with Crippen LogP contribution in [0.1, 0.15) is 11.3 Å². The van der Waals surface area contributed by atoms with Gasteiger partial charge in [-0.1, -0.05) is 30.3 Å². The van der Waals surface area contributed by atoms with Crippen LogP contribution in [0.3, 0.4) is 0 Å². The number of carbonyl (C=O) groups excluding carboxylic acids is 2. The molecule has 0 unspecified atom stereocenters. The molecular weight excluding hydrogens is 450 g/mol. The molecule has 0 N–H and O–H groups in total. The van der Waals surface area contributed by atoms with Crippen LogP contribution in [0.4, 0.5) is 17.1 Å². The highest BCUT2D eigenvalue weighted by Gasteiger charge is 2.28. The van der Waals surface area contributed by atoms with Crippen molar-refractivity contribution in [2.75, 3.05) is 23.4 Å². The number of anilines is 2. The van der Waals surface area contributed by atoms with Crippen molar-refractivity contribution >= 4 is 61.9 Å². The minimum absolute atomic E-state index is 0.0435. The Morgan fingerprint density at radius 3 is 2.55 bits per heavy atom. The lowest BCUT2D eigenvalue weighted by Gasteiger charge is -2.25. The maximum absolute atomic E-state index is 13.1. The van der Waals surface area contributed by atoms with Gasteiger partial charge in [0.1, 0.15) is 6.54 Å². The van der Waals surface area contributed by atoms with E-state index in [9.17, 15) is 9.59 Å². The van der Waals surface area contributed by atoms with E-state index in [0.29, 0.717) is 17.1 Å². The van der Waals surface area contributed by atoms with Crippen molar-refractivity contribution < 1.29 is 9.59 Å². The molecule has 1 aliphatic rings. The molecule has 2 amide bonds. The quantitative estimate of drug-likeness (QED) is 0.539. The molecule has 0 spiro atoms. The molecule has 146 valence electrons. The number of fused-ring (bicyclic) bond motifs is 1. The molecule has 1 aromatic heterocycles. The van der Waals surface area contributed by atoms with E-state index in [1.165, 1.54) is 16.2 Å². The smallest absolute Gasteiger partial charge is 0.246 e. The van der Waals surface area contributed by atoms with Gasteiger partial charge in [-0.3, -0.25) is 9.59 Å². The number of aliphatic imine (C=N–C) groups is 1. The van der Waals surface area contributed by atoms with Crippen LogP contribution in [0, 0.1) is 0 Å². The van der Waals surface area contributed by atoms with E-state index in [1.807, 2.05) is 66.7 Å². The molecule has 0 fully saturated rings. The summed E-state index contributed by atoms with van der Waals surface area (Å²) in [5, 5.41) is 0. The summed E-state index contributed by atoms with van der Waals surface area (Å²) >= 11 is 5.00. The summed E-state index contributed by atoms with van der Waals surface area (Å²) in [4.78, 5) is 34.9. The molecule has 1 aliphatic heterocycles. The Morgan fingerprint density at radius 1 is 1.10 bits per heavy atom. The first kappa shape index (κ1) is 19.5. The summed E-state index contributed by atoms with van der Waals surface area (Å²) in [6, 6.07) is 20.7. The average molecular weight is 468 g/mol. The van der Waals surface area contributed by atoms with Crippen molar-refractivity contribution in [3.8, 4) is 0 Å². The second kappa shape index (κ2) is 8.31. The highest BCUT2D eigenvalue weighted by atomic mass is 79.9. The van der Waals surface area contributed by atoms with Crippen LogP contribution in [0.2, 0.25) is 0 Å². The number of hydrogen-bond donors (Lipinski definition) is 0. The number of nitrogens with zero attached hydrogens (tertiary/aromatic N) is 3. The van der Waals surface area contributed by atoms with Gasteiger partial charge in [0.15, 0.2) is 0 Å². The van der Waals surface area contributed by atoms with E-state index in [0.717, 1.165) is 14.4 Å². The molecule has 0 radical (unpaired) electrons. The first-order valence-corrected chi connectivity index (χ1v) is 10.7. The molecule has 0 saturated carbocycles. The number of thiophene rings is 1. The van der Waals surface area contributed by atoms with Crippen LogP contribution in [0.5, 0.6) is 0 Å². The minimum Gasteiger partial charge on any atom is -0.314 e. The van der Waals surface area contributed by atoms with E-state index < -0.39 is 0 Å². The van der Waals surface area contributed by atoms with Crippen LogP contribution in [-0.2, 0) is 9.59 Å². The number of amides is 2. The Morgan fingerprint density at radius 2 is 1.83 bits per heavy atom. The topological polar surface area (TPSA) is 53.0 Å². The van der Waals surface area contributed by atoms with E-state index in [2.05, 4.69) is 15.9 Å². The summed E-state index contributed by atoms with van der Waals surface area (Å²) in [5.74, 6) is -0.310. The monoisotopic (exact) mass is 467 g/mol. The Hall–Kier alpha value is -2.77. The summed E-state index contributed by atoms with van der Waals surface area (Å²) < 4.78 is 0.983. The van der Waals surface area contributed by atoms with E-state index in [4.69, 9.17) is 4.99 Å². The highest BCUT2D eigenvalue weighted by molar-refractivity contribution is 9.11. The molecule has 4 rings (SSSR count). The molecule has 5 nitrogen and oxygen atoms in total. The largest absolute Gasteiger partial charge is 0.314 e. The van der Waals surface area contributed by atoms with Gasteiger partial charge in [0.25, 0.3) is 0 Å². The van der Waals surface area contributed by atoms with Gasteiger partial charge in [-0.2, -0.15) is 0 Å². The molecule has 7 heteroatoms. The van der Waals surface area contributed by atoms with E-state index in [1.54, 1.807) is 11.9 Å². The molecule has 29 heavy (non-hydrogen) atoms. The normalized spacial score (nSPS) is 13.5. The lowest BCUT2D eigenvalue weighted by molar-refractivity contribution is -0.121. The fourth-order valence-electron chi connectivity index (χ4n) is 3.17. The third-order valence-electron chi connectivity index (χ3n) is 4.72. The molecule has 3 aromatic rings. The first-order chi connectivity index (χ1) is 14.0. The predicted molar refractivity (Wildman–Crippen MR) is 121 cm³/mol. The fourth-order valence-corrected chi connectivity index (χ4v) is 4.54. The van der Waals surface area contributed by atoms with Gasteiger partial charge < -0.3 is 9.80 Å². The minimum atomic E-state index is -0.165. The highest BCUT2D eigenvalue weighted by Crippen LogP contribution is 2.34. The number of carbonyl (C=O) groups is 2.